The van der Waals surface area contributed by atoms with Crippen LogP contribution < -0.4 is 10.6 Å². The van der Waals surface area contributed by atoms with Crippen molar-refractivity contribution in [3.63, 3.8) is 0 Å². The van der Waals surface area contributed by atoms with Gasteiger partial charge in [0.05, 0.1) is 22.5 Å². The van der Waals surface area contributed by atoms with Crippen LogP contribution >= 0.6 is 0 Å². The number of urea groups is 1. The number of anilines is 2. The molecule has 0 aliphatic carbocycles. The number of amides is 2. The van der Waals surface area contributed by atoms with Crippen LogP contribution in [-0.4, -0.2) is 16.8 Å². The highest BCUT2D eigenvalue weighted by Gasteiger charge is 2.34. The Hall–Kier alpha value is -4.98. The summed E-state index contributed by atoms with van der Waals surface area (Å²) in [6, 6.07) is 25.6. The Morgan fingerprint density at radius 3 is 2.22 bits per heavy atom. The number of nitrogens with two attached hydrogens (primary N) is 1. The van der Waals surface area contributed by atoms with Crippen molar-refractivity contribution >= 4 is 34.1 Å². The van der Waals surface area contributed by atoms with Gasteiger partial charge in [-0.1, -0.05) is 86.6 Å². The quantitative estimate of drug-likeness (QED) is 0.214. The number of primary amides is 1. The minimum Gasteiger partial charge on any atom is -0.351 e. The lowest BCUT2D eigenvalue weighted by Crippen LogP contribution is -2.32. The van der Waals surface area contributed by atoms with Crippen molar-refractivity contribution in [2.45, 2.75) is 25.9 Å². The highest BCUT2D eigenvalue weighted by Crippen LogP contribution is 2.41. The second kappa shape index (κ2) is 10.9. The third kappa shape index (κ3) is 5.28. The number of carbonyl (C=O) groups excluding carboxylic acids is 2. The zero-order chi connectivity index (χ0) is 29.3. The van der Waals surface area contributed by atoms with Crippen molar-refractivity contribution in [3.05, 3.63) is 126 Å². The van der Waals surface area contributed by atoms with E-state index in [4.69, 9.17) is 5.73 Å². The molecule has 4 aromatic carbocycles. The Labute approximate surface area is 235 Å². The van der Waals surface area contributed by atoms with E-state index >= 15 is 0 Å². The Kier molecular flexibility index (Phi) is 7.32. The summed E-state index contributed by atoms with van der Waals surface area (Å²) in [7, 11) is 0. The molecule has 0 bridgehead atoms. The number of carbonyl (C=O) groups is 2. The summed E-state index contributed by atoms with van der Waals surface area (Å²) in [4.78, 5) is 32.0. The molecule has 0 fully saturated rings. The van der Waals surface area contributed by atoms with E-state index in [1.165, 1.54) is 23.2 Å². The van der Waals surface area contributed by atoms with Gasteiger partial charge in [0.2, 0.25) is 0 Å². The molecule has 0 saturated carbocycles. The van der Waals surface area contributed by atoms with Crippen LogP contribution in [0, 0.1) is 0 Å². The van der Waals surface area contributed by atoms with Crippen molar-refractivity contribution in [2.75, 3.05) is 4.90 Å². The summed E-state index contributed by atoms with van der Waals surface area (Å²) >= 11 is 0. The van der Waals surface area contributed by atoms with E-state index in [1.807, 2.05) is 26.0 Å². The first-order chi connectivity index (χ1) is 19.6. The van der Waals surface area contributed by atoms with E-state index in [2.05, 4.69) is 4.98 Å². The van der Waals surface area contributed by atoms with Crippen molar-refractivity contribution in [1.29, 1.82) is 0 Å². The molecule has 0 spiro atoms. The van der Waals surface area contributed by atoms with Gasteiger partial charge in [-0.3, -0.25) is 14.7 Å². The molecule has 0 radical (unpaired) electrons. The molecule has 1 aromatic heterocycles. The molecule has 8 heteroatoms. The normalized spacial score (nSPS) is 11.6. The summed E-state index contributed by atoms with van der Waals surface area (Å²) in [5.74, 6) is -0.314. The smallest absolute Gasteiger partial charge is 0.351 e. The standard InChI is InChI=1S/C33H26F3N3O2/c1-20(2)24-14-6-7-17-28(24)39(32(37)41)23-13-8-12-22(18-23)29-25-15-9-16-27(33(34,35)36)30(25)38-19-26(29)31(40)21-10-4-3-5-11-21/h3-20H,1-2H3,(H2,37,41). The van der Waals surface area contributed by atoms with E-state index in [-0.39, 0.29) is 27.9 Å². The minimum absolute atomic E-state index is 0.0799. The highest BCUT2D eigenvalue weighted by molar-refractivity contribution is 6.17. The number of aromatic nitrogens is 1. The number of alkyl halides is 3. The van der Waals surface area contributed by atoms with E-state index < -0.39 is 23.6 Å². The van der Waals surface area contributed by atoms with Crippen molar-refractivity contribution in [1.82, 2.24) is 4.98 Å². The second-order valence-corrected chi connectivity index (χ2v) is 9.88. The third-order valence-corrected chi connectivity index (χ3v) is 6.90. The average Bonchev–Trinajstić information content (AvgIpc) is 2.96. The predicted octanol–water partition coefficient (Wildman–Crippen LogP) is 8.49. The van der Waals surface area contributed by atoms with E-state index in [0.717, 1.165) is 11.6 Å². The molecule has 0 saturated heterocycles. The van der Waals surface area contributed by atoms with Crippen LogP contribution in [0.3, 0.4) is 0 Å². The molecule has 1 heterocycles. The van der Waals surface area contributed by atoms with Gasteiger partial charge < -0.3 is 5.73 Å². The summed E-state index contributed by atoms with van der Waals surface area (Å²) in [5, 5.41) is 0.159. The van der Waals surface area contributed by atoms with Gasteiger partial charge in [0.15, 0.2) is 5.78 Å². The summed E-state index contributed by atoms with van der Waals surface area (Å²) in [5.41, 5.74) is 7.77. The molecule has 5 rings (SSSR count). The van der Waals surface area contributed by atoms with Gasteiger partial charge in [-0.15, -0.1) is 0 Å². The van der Waals surface area contributed by atoms with Gasteiger partial charge in [-0.25, -0.2) is 4.79 Å². The van der Waals surface area contributed by atoms with E-state index in [0.29, 0.717) is 22.5 Å². The summed E-state index contributed by atoms with van der Waals surface area (Å²) < 4.78 is 41.9. The Balaban J connectivity index is 1.78. The number of nitrogens with zero attached hydrogens (tertiary/aromatic N) is 2. The minimum atomic E-state index is -4.65. The molecule has 2 N–H and O–H groups in total. The van der Waals surface area contributed by atoms with Crippen LogP contribution in [0.25, 0.3) is 22.0 Å². The molecule has 0 unspecified atom stereocenters. The monoisotopic (exact) mass is 553 g/mol. The lowest BCUT2D eigenvalue weighted by atomic mass is 9.90. The van der Waals surface area contributed by atoms with Crippen molar-refractivity contribution in [2.24, 2.45) is 5.73 Å². The van der Waals surface area contributed by atoms with Crippen LogP contribution in [-0.2, 0) is 6.18 Å². The molecule has 0 atom stereocenters. The van der Waals surface area contributed by atoms with Gasteiger partial charge in [0, 0.05) is 28.3 Å². The first-order valence-corrected chi connectivity index (χ1v) is 13.0. The third-order valence-electron chi connectivity index (χ3n) is 6.90. The highest BCUT2D eigenvalue weighted by atomic mass is 19.4. The lowest BCUT2D eigenvalue weighted by Gasteiger charge is -2.25. The molecular weight excluding hydrogens is 527 g/mol. The molecule has 0 aliphatic rings. The maximum absolute atomic E-state index is 14.0. The fourth-order valence-electron chi connectivity index (χ4n) is 5.04. The van der Waals surface area contributed by atoms with Crippen molar-refractivity contribution in [3.8, 4) is 11.1 Å². The summed E-state index contributed by atoms with van der Waals surface area (Å²) in [6.07, 6.45) is -3.46. The second-order valence-electron chi connectivity index (χ2n) is 9.88. The van der Waals surface area contributed by atoms with Crippen LogP contribution in [0.4, 0.5) is 29.3 Å². The summed E-state index contributed by atoms with van der Waals surface area (Å²) in [6.45, 7) is 3.99. The molecular formula is C33H26F3N3O2. The number of rotatable bonds is 6. The molecule has 2 amide bonds. The molecule has 41 heavy (non-hydrogen) atoms. The van der Waals surface area contributed by atoms with E-state index in [9.17, 15) is 22.8 Å². The van der Waals surface area contributed by atoms with Crippen LogP contribution in [0.15, 0.2) is 103 Å². The van der Waals surface area contributed by atoms with Crippen LogP contribution in [0.1, 0.15) is 46.8 Å². The number of fused-ring (bicyclic) bond motifs is 1. The van der Waals surface area contributed by atoms with Crippen LogP contribution in [0.5, 0.6) is 0 Å². The Bertz CT molecular complexity index is 1770. The van der Waals surface area contributed by atoms with Gasteiger partial charge in [0.25, 0.3) is 0 Å². The fraction of sp³-hybridized carbons (Fsp3) is 0.121. The first-order valence-electron chi connectivity index (χ1n) is 13.0. The van der Waals surface area contributed by atoms with Gasteiger partial charge >= 0.3 is 12.2 Å². The number of halogens is 3. The molecule has 206 valence electrons. The van der Waals surface area contributed by atoms with Gasteiger partial charge in [-0.2, -0.15) is 13.2 Å². The predicted molar refractivity (Wildman–Crippen MR) is 154 cm³/mol. The van der Waals surface area contributed by atoms with Gasteiger partial charge in [-0.05, 0) is 41.3 Å². The number of pyridine rings is 1. The van der Waals surface area contributed by atoms with Crippen molar-refractivity contribution < 1.29 is 22.8 Å². The fourth-order valence-corrected chi connectivity index (χ4v) is 5.04. The number of para-hydroxylation sites is 2. The lowest BCUT2D eigenvalue weighted by molar-refractivity contribution is -0.136. The zero-order valence-corrected chi connectivity index (χ0v) is 22.3. The van der Waals surface area contributed by atoms with Crippen LogP contribution in [0.2, 0.25) is 0 Å². The molecule has 5 nitrogen and oxygen atoms in total. The largest absolute Gasteiger partial charge is 0.418 e. The Morgan fingerprint density at radius 1 is 0.854 bits per heavy atom. The van der Waals surface area contributed by atoms with Gasteiger partial charge in [0.1, 0.15) is 0 Å². The zero-order valence-electron chi connectivity index (χ0n) is 22.3. The first kappa shape index (κ1) is 27.6. The molecule has 0 aliphatic heterocycles. The maximum Gasteiger partial charge on any atom is 0.418 e. The SMILES string of the molecule is CC(C)c1ccccc1N(C(N)=O)c1cccc(-c2c(C(=O)c3ccccc3)cnc3c(C(F)(F)F)cccc23)c1. The number of hydrogen-bond acceptors (Lipinski definition) is 3. The average molecular weight is 554 g/mol. The topological polar surface area (TPSA) is 76.3 Å². The number of ketones is 1. The number of benzene rings is 4. The maximum atomic E-state index is 14.0. The Morgan fingerprint density at radius 2 is 1.54 bits per heavy atom. The van der Waals surface area contributed by atoms with E-state index in [1.54, 1.807) is 66.7 Å². The number of hydrogen-bond donors (Lipinski definition) is 1. The molecule has 5 aromatic rings.